The molecule has 3 aromatic rings. The van der Waals surface area contributed by atoms with Gasteiger partial charge in [0.2, 0.25) is 11.8 Å². The first kappa shape index (κ1) is 37.3. The van der Waals surface area contributed by atoms with E-state index < -0.39 is 40.5 Å². The van der Waals surface area contributed by atoms with Gasteiger partial charge in [-0.1, -0.05) is 39.3 Å². The van der Waals surface area contributed by atoms with E-state index in [4.69, 9.17) is 16.3 Å². The van der Waals surface area contributed by atoms with Crippen LogP contribution in [0.2, 0.25) is 5.02 Å². The number of ether oxygens (including phenoxy) is 1. The lowest BCUT2D eigenvalue weighted by molar-refractivity contribution is -0.164. The molecule has 0 aromatic heterocycles. The van der Waals surface area contributed by atoms with Gasteiger partial charge in [0, 0.05) is 79.1 Å². The summed E-state index contributed by atoms with van der Waals surface area (Å²) >= 11 is 6.22. The first-order valence-electron chi connectivity index (χ1n) is 18.7. The number of amides is 6. The zero-order valence-electron chi connectivity index (χ0n) is 31.5. The van der Waals surface area contributed by atoms with E-state index in [2.05, 4.69) is 15.5 Å². The number of fused-ring (bicyclic) bond motifs is 2. The standard InChI is InChI=1S/C42H41ClN6O7/c1-41(2)39(42(3,4)40(41)56-28-10-9-25(16-44)31(43)15-28)46-34(51)23-5-7-24(8-6-23)36(53)48-18-22(19-48)17-47-20-26-13-29-30(14-27(26)21-47)38(55)49(37(29)54)32-11-12-33(50)45-35(32)52/h5-10,13-15,22,32,39-40H,11-12,17-21H2,1-4H3,(H,46,51)(H,45,50,52)/t32?,39-,40-. The molecule has 6 amide bonds. The van der Waals surface area contributed by atoms with Gasteiger partial charge in [0.05, 0.1) is 21.7 Å². The predicted octanol–water partition coefficient (Wildman–Crippen LogP) is 4.31. The van der Waals surface area contributed by atoms with Gasteiger partial charge >= 0.3 is 0 Å². The van der Waals surface area contributed by atoms with Crippen molar-refractivity contribution in [2.24, 2.45) is 16.7 Å². The van der Waals surface area contributed by atoms with Gasteiger partial charge in [-0.25, -0.2) is 0 Å². The summed E-state index contributed by atoms with van der Waals surface area (Å²) < 4.78 is 6.34. The first-order chi connectivity index (χ1) is 26.6. The largest absolute Gasteiger partial charge is 0.489 e. The van der Waals surface area contributed by atoms with Crippen LogP contribution in [0, 0.1) is 28.1 Å². The molecule has 3 aromatic carbocycles. The number of piperidine rings is 1. The fourth-order valence-corrected chi connectivity index (χ4v) is 9.75. The molecule has 56 heavy (non-hydrogen) atoms. The molecular formula is C42H41ClN6O7. The Bertz CT molecular complexity index is 2210. The zero-order valence-corrected chi connectivity index (χ0v) is 32.2. The predicted molar refractivity (Wildman–Crippen MR) is 202 cm³/mol. The van der Waals surface area contributed by atoms with Crippen molar-refractivity contribution in [1.82, 2.24) is 25.3 Å². The Hall–Kier alpha value is -5.58. The summed E-state index contributed by atoms with van der Waals surface area (Å²) in [6, 6.07) is 16.1. The molecule has 2 saturated heterocycles. The molecule has 288 valence electrons. The van der Waals surface area contributed by atoms with Crippen LogP contribution in [-0.2, 0) is 22.7 Å². The average Bonchev–Trinajstić information content (AvgIpc) is 3.65. The summed E-state index contributed by atoms with van der Waals surface area (Å²) in [6.07, 6.45) is -0.0487. The zero-order chi connectivity index (χ0) is 39.8. The third kappa shape index (κ3) is 6.21. The van der Waals surface area contributed by atoms with Gasteiger partial charge in [0.15, 0.2) is 0 Å². The number of benzene rings is 3. The van der Waals surface area contributed by atoms with Gasteiger partial charge in [-0.05, 0) is 66.1 Å². The van der Waals surface area contributed by atoms with Crippen molar-refractivity contribution in [2.45, 2.75) is 71.8 Å². The lowest BCUT2D eigenvalue weighted by Crippen LogP contribution is -2.74. The van der Waals surface area contributed by atoms with E-state index in [-0.39, 0.29) is 53.8 Å². The molecule has 4 aliphatic heterocycles. The quantitative estimate of drug-likeness (QED) is 0.317. The Morgan fingerprint density at radius 3 is 2.09 bits per heavy atom. The van der Waals surface area contributed by atoms with Gasteiger partial charge in [0.25, 0.3) is 23.6 Å². The summed E-state index contributed by atoms with van der Waals surface area (Å²) in [5.74, 6) is -1.59. The fourth-order valence-electron chi connectivity index (χ4n) is 9.54. The fraction of sp³-hybridized carbons (Fsp3) is 0.405. The van der Waals surface area contributed by atoms with Gasteiger partial charge < -0.3 is 15.0 Å². The number of carbonyl (C=O) groups excluding carboxylic acids is 6. The smallest absolute Gasteiger partial charge is 0.262 e. The van der Waals surface area contributed by atoms with Crippen molar-refractivity contribution in [3.05, 3.63) is 98.6 Å². The first-order valence-corrected chi connectivity index (χ1v) is 19.1. The molecule has 3 fully saturated rings. The van der Waals surface area contributed by atoms with E-state index in [0.29, 0.717) is 53.6 Å². The van der Waals surface area contributed by atoms with Crippen molar-refractivity contribution in [3.8, 4) is 11.8 Å². The van der Waals surface area contributed by atoms with Crippen LogP contribution in [0.1, 0.15) is 98.7 Å². The molecule has 0 radical (unpaired) electrons. The Kier molecular flexibility index (Phi) is 9.05. The number of halogens is 1. The number of rotatable bonds is 8. The Morgan fingerprint density at radius 2 is 1.52 bits per heavy atom. The number of nitriles is 1. The van der Waals surface area contributed by atoms with Crippen LogP contribution < -0.4 is 15.4 Å². The SMILES string of the molecule is CC1(C)[C@H](NC(=O)c2ccc(C(=O)N3CC(CN4Cc5cc6c(cc5C4)C(=O)N(C4CCC(=O)NC4=O)C6=O)C3)cc2)C(C)(C)[C@H]1Oc1ccc(C#N)c(Cl)c1. The van der Waals surface area contributed by atoms with Crippen LogP contribution >= 0.6 is 11.6 Å². The highest BCUT2D eigenvalue weighted by Crippen LogP contribution is 2.55. The van der Waals surface area contributed by atoms with Crippen molar-refractivity contribution in [1.29, 1.82) is 5.26 Å². The molecule has 1 saturated carbocycles. The van der Waals surface area contributed by atoms with E-state index in [1.165, 1.54) is 0 Å². The van der Waals surface area contributed by atoms with Gasteiger partial charge in [-0.15, -0.1) is 0 Å². The third-order valence-corrected chi connectivity index (χ3v) is 12.4. The molecule has 0 spiro atoms. The molecule has 5 aliphatic rings. The minimum absolute atomic E-state index is 0.0711. The molecule has 4 heterocycles. The third-order valence-electron chi connectivity index (χ3n) is 12.1. The summed E-state index contributed by atoms with van der Waals surface area (Å²) in [6.45, 7) is 11.3. The highest BCUT2D eigenvalue weighted by atomic mass is 35.5. The molecule has 1 atom stereocenters. The topological polar surface area (TPSA) is 169 Å². The van der Waals surface area contributed by atoms with Crippen molar-refractivity contribution in [2.75, 3.05) is 19.6 Å². The molecule has 8 rings (SSSR count). The van der Waals surface area contributed by atoms with Crippen LogP contribution in [-0.4, -0.2) is 88.0 Å². The highest BCUT2D eigenvalue weighted by molar-refractivity contribution is 6.31. The molecule has 1 aliphatic carbocycles. The van der Waals surface area contributed by atoms with E-state index in [1.807, 2.05) is 33.8 Å². The number of nitrogens with zero attached hydrogens (tertiary/aromatic N) is 4. The summed E-state index contributed by atoms with van der Waals surface area (Å²) in [5.41, 5.74) is 2.97. The Labute approximate surface area is 328 Å². The van der Waals surface area contributed by atoms with Crippen LogP contribution in [0.25, 0.3) is 0 Å². The minimum atomic E-state index is -0.996. The maximum atomic E-state index is 13.4. The van der Waals surface area contributed by atoms with Crippen molar-refractivity contribution < 1.29 is 33.5 Å². The highest BCUT2D eigenvalue weighted by Gasteiger charge is 2.64. The Balaban J connectivity index is 0.821. The van der Waals surface area contributed by atoms with Crippen LogP contribution in [0.15, 0.2) is 54.6 Å². The van der Waals surface area contributed by atoms with E-state index in [1.54, 1.807) is 59.5 Å². The molecule has 1 unspecified atom stereocenters. The minimum Gasteiger partial charge on any atom is -0.489 e. The number of carbonyl (C=O) groups is 6. The second-order valence-electron chi connectivity index (χ2n) is 16.7. The second-order valence-corrected chi connectivity index (χ2v) is 17.1. The number of imide groups is 2. The number of hydrogen-bond donors (Lipinski definition) is 2. The number of hydrogen-bond acceptors (Lipinski definition) is 9. The van der Waals surface area contributed by atoms with E-state index in [0.717, 1.165) is 22.6 Å². The maximum absolute atomic E-state index is 13.4. The van der Waals surface area contributed by atoms with Crippen LogP contribution in [0.4, 0.5) is 0 Å². The second kappa shape index (κ2) is 13.6. The molecule has 14 heteroatoms. The summed E-state index contributed by atoms with van der Waals surface area (Å²) in [7, 11) is 0. The van der Waals surface area contributed by atoms with Crippen LogP contribution in [0.3, 0.4) is 0 Å². The van der Waals surface area contributed by atoms with E-state index >= 15 is 0 Å². The van der Waals surface area contributed by atoms with Gasteiger partial charge in [-0.3, -0.25) is 43.9 Å². The summed E-state index contributed by atoms with van der Waals surface area (Å²) in [4.78, 5) is 82.3. The van der Waals surface area contributed by atoms with E-state index in [9.17, 15) is 34.0 Å². The maximum Gasteiger partial charge on any atom is 0.262 e. The molecule has 2 N–H and O–H groups in total. The van der Waals surface area contributed by atoms with Crippen molar-refractivity contribution in [3.63, 3.8) is 0 Å². The molecule has 0 bridgehead atoms. The lowest BCUT2D eigenvalue weighted by Gasteiger charge is -2.63. The lowest BCUT2D eigenvalue weighted by atomic mass is 9.49. The normalized spacial score (nSPS) is 23.8. The monoisotopic (exact) mass is 776 g/mol. The van der Waals surface area contributed by atoms with Crippen molar-refractivity contribution >= 4 is 47.0 Å². The number of nitrogens with one attached hydrogen (secondary N) is 2. The summed E-state index contributed by atoms with van der Waals surface area (Å²) in [5, 5.41) is 14.9. The molecular weight excluding hydrogens is 736 g/mol. The number of likely N-dealkylation sites (tertiary alicyclic amines) is 1. The van der Waals surface area contributed by atoms with Crippen LogP contribution in [0.5, 0.6) is 5.75 Å². The van der Waals surface area contributed by atoms with Gasteiger partial charge in [-0.2, -0.15) is 5.26 Å². The van der Waals surface area contributed by atoms with Gasteiger partial charge in [0.1, 0.15) is 24.0 Å². The molecule has 13 nitrogen and oxygen atoms in total. The Morgan fingerprint density at radius 1 is 0.911 bits per heavy atom. The average molecular weight is 777 g/mol.